The van der Waals surface area contributed by atoms with Crippen molar-refractivity contribution in [1.29, 1.82) is 0 Å². The Morgan fingerprint density at radius 2 is 2.00 bits per heavy atom. The number of carbonyl (C=O) groups excluding carboxylic acids is 1. The number of methoxy groups -OCH3 is 1. The smallest absolute Gasteiger partial charge is 0.270 e. The van der Waals surface area contributed by atoms with Gasteiger partial charge in [-0.25, -0.2) is 0 Å². The third-order valence-electron chi connectivity index (χ3n) is 4.09. The largest absolute Gasteiger partial charge is 0.497 e. The topological polar surface area (TPSA) is 76.2 Å². The molecular formula is C19H27N3O3. The second-order valence-corrected chi connectivity index (χ2v) is 7.17. The van der Waals surface area contributed by atoms with Crippen LogP contribution in [0.2, 0.25) is 0 Å². The zero-order valence-corrected chi connectivity index (χ0v) is 15.7. The van der Waals surface area contributed by atoms with E-state index in [9.17, 15) is 9.90 Å². The zero-order valence-electron chi connectivity index (χ0n) is 15.7. The molecule has 0 saturated heterocycles. The number of aryl methyl sites for hydroxylation is 1. The standard InChI is InChI=1S/C19H27N3O3/c1-6-7-8-11-22-15-12-13(25-5)9-10-14(15)16(17(22)23)20-21-18(24)19(2,3)4/h9-10,12,23H,6-8,11H2,1-5H3. The molecule has 6 heteroatoms. The fraction of sp³-hybridized carbons (Fsp3) is 0.526. The number of azo groups is 1. The van der Waals surface area contributed by atoms with Gasteiger partial charge in [0.1, 0.15) is 5.75 Å². The van der Waals surface area contributed by atoms with Crippen molar-refractivity contribution in [2.24, 2.45) is 15.6 Å². The maximum absolute atomic E-state index is 12.0. The Hall–Kier alpha value is -2.37. The van der Waals surface area contributed by atoms with Crippen LogP contribution in [0.25, 0.3) is 10.9 Å². The van der Waals surface area contributed by atoms with Gasteiger partial charge in [-0.3, -0.25) is 4.79 Å². The van der Waals surface area contributed by atoms with E-state index >= 15 is 0 Å². The second-order valence-electron chi connectivity index (χ2n) is 7.17. The molecule has 2 rings (SSSR count). The van der Waals surface area contributed by atoms with Gasteiger partial charge in [0.15, 0.2) is 5.69 Å². The number of fused-ring (bicyclic) bond motifs is 1. The maximum Gasteiger partial charge on any atom is 0.270 e. The lowest BCUT2D eigenvalue weighted by Gasteiger charge is -2.10. The van der Waals surface area contributed by atoms with Gasteiger partial charge < -0.3 is 14.4 Å². The molecule has 1 aromatic carbocycles. The number of amides is 1. The van der Waals surface area contributed by atoms with Gasteiger partial charge in [0, 0.05) is 23.4 Å². The number of carbonyl (C=O) groups is 1. The number of hydrogen-bond acceptors (Lipinski definition) is 4. The molecule has 0 aliphatic heterocycles. The van der Waals surface area contributed by atoms with Crippen LogP contribution in [0.1, 0.15) is 47.0 Å². The molecule has 0 atom stereocenters. The predicted octanol–water partition coefficient (Wildman–Crippen LogP) is 5.20. The first-order valence-corrected chi connectivity index (χ1v) is 8.65. The number of benzene rings is 1. The van der Waals surface area contributed by atoms with Gasteiger partial charge in [0.05, 0.1) is 12.6 Å². The van der Waals surface area contributed by atoms with Crippen molar-refractivity contribution in [3.05, 3.63) is 18.2 Å². The molecule has 1 N–H and O–H groups in total. The number of nitrogens with zero attached hydrogens (tertiary/aromatic N) is 3. The number of rotatable bonds is 6. The van der Waals surface area contributed by atoms with Crippen LogP contribution in [0.5, 0.6) is 11.6 Å². The van der Waals surface area contributed by atoms with E-state index in [1.807, 2.05) is 22.8 Å². The maximum atomic E-state index is 12.0. The van der Waals surface area contributed by atoms with E-state index in [1.165, 1.54) is 0 Å². The average molecular weight is 345 g/mol. The van der Waals surface area contributed by atoms with Crippen molar-refractivity contribution >= 4 is 22.5 Å². The Morgan fingerprint density at radius 1 is 1.28 bits per heavy atom. The van der Waals surface area contributed by atoms with Gasteiger partial charge in [0.2, 0.25) is 5.88 Å². The minimum atomic E-state index is -0.609. The van der Waals surface area contributed by atoms with Crippen LogP contribution < -0.4 is 4.74 Å². The van der Waals surface area contributed by atoms with E-state index in [1.54, 1.807) is 27.9 Å². The highest BCUT2D eigenvalue weighted by atomic mass is 16.5. The van der Waals surface area contributed by atoms with E-state index in [-0.39, 0.29) is 11.8 Å². The molecule has 0 saturated carbocycles. The van der Waals surface area contributed by atoms with Crippen LogP contribution in [-0.2, 0) is 11.3 Å². The van der Waals surface area contributed by atoms with Crippen molar-refractivity contribution in [3.63, 3.8) is 0 Å². The molecule has 1 heterocycles. The number of aromatic hydroxyl groups is 1. The van der Waals surface area contributed by atoms with Gasteiger partial charge in [0.25, 0.3) is 5.91 Å². The Morgan fingerprint density at radius 3 is 2.60 bits per heavy atom. The lowest BCUT2D eigenvalue weighted by molar-refractivity contribution is -0.125. The molecule has 2 aromatic rings. The van der Waals surface area contributed by atoms with E-state index < -0.39 is 5.41 Å². The summed E-state index contributed by atoms with van der Waals surface area (Å²) in [7, 11) is 1.61. The normalized spacial score (nSPS) is 12.2. The molecule has 6 nitrogen and oxygen atoms in total. The fourth-order valence-electron chi connectivity index (χ4n) is 2.51. The summed E-state index contributed by atoms with van der Waals surface area (Å²) in [4.78, 5) is 12.0. The molecule has 0 bridgehead atoms. The first-order valence-electron chi connectivity index (χ1n) is 8.65. The molecule has 0 radical (unpaired) electrons. The van der Waals surface area contributed by atoms with E-state index in [0.717, 1.165) is 30.2 Å². The van der Waals surface area contributed by atoms with E-state index in [0.29, 0.717) is 18.0 Å². The highest BCUT2D eigenvalue weighted by molar-refractivity contribution is 5.96. The second kappa shape index (κ2) is 7.68. The van der Waals surface area contributed by atoms with Crippen LogP contribution in [0.15, 0.2) is 28.4 Å². The van der Waals surface area contributed by atoms with Gasteiger partial charge in [-0.05, 0) is 18.6 Å². The van der Waals surface area contributed by atoms with Crippen LogP contribution in [0, 0.1) is 5.41 Å². The number of unbranched alkanes of at least 4 members (excludes halogenated alkanes) is 2. The summed E-state index contributed by atoms with van der Waals surface area (Å²) in [6.07, 6.45) is 3.11. The van der Waals surface area contributed by atoms with Crippen LogP contribution >= 0.6 is 0 Å². The molecule has 25 heavy (non-hydrogen) atoms. The Balaban J connectivity index is 2.50. The van der Waals surface area contributed by atoms with Crippen molar-refractivity contribution in [2.45, 2.75) is 53.5 Å². The van der Waals surface area contributed by atoms with E-state index in [4.69, 9.17) is 4.74 Å². The van der Waals surface area contributed by atoms with Gasteiger partial charge in [-0.2, -0.15) is 0 Å². The van der Waals surface area contributed by atoms with Gasteiger partial charge in [-0.1, -0.05) is 40.5 Å². The summed E-state index contributed by atoms with van der Waals surface area (Å²) in [6, 6.07) is 5.51. The minimum absolute atomic E-state index is 0.0322. The van der Waals surface area contributed by atoms with Crippen molar-refractivity contribution in [2.75, 3.05) is 7.11 Å². The fourth-order valence-corrected chi connectivity index (χ4v) is 2.51. The Bertz CT molecular complexity index is 785. The summed E-state index contributed by atoms with van der Waals surface area (Å²) < 4.78 is 7.10. The predicted molar refractivity (Wildman–Crippen MR) is 98.7 cm³/mol. The lowest BCUT2D eigenvalue weighted by Crippen LogP contribution is -2.16. The van der Waals surface area contributed by atoms with Crippen molar-refractivity contribution in [3.8, 4) is 11.6 Å². The Kier molecular flexibility index (Phi) is 5.82. The van der Waals surface area contributed by atoms with Crippen LogP contribution in [-0.4, -0.2) is 22.7 Å². The molecule has 136 valence electrons. The van der Waals surface area contributed by atoms with Crippen molar-refractivity contribution < 1.29 is 14.6 Å². The highest BCUT2D eigenvalue weighted by Gasteiger charge is 2.22. The van der Waals surface area contributed by atoms with Crippen molar-refractivity contribution in [1.82, 2.24) is 4.57 Å². The molecule has 0 aliphatic carbocycles. The van der Waals surface area contributed by atoms with Crippen LogP contribution in [0.4, 0.5) is 5.69 Å². The number of aromatic nitrogens is 1. The number of hydrogen-bond donors (Lipinski definition) is 1. The van der Waals surface area contributed by atoms with Gasteiger partial charge in [-0.15, -0.1) is 10.2 Å². The summed E-state index contributed by atoms with van der Waals surface area (Å²) in [5.74, 6) is 0.410. The molecule has 0 fully saturated rings. The summed E-state index contributed by atoms with van der Waals surface area (Å²) in [6.45, 7) is 8.16. The molecular weight excluding hydrogens is 318 g/mol. The molecule has 0 spiro atoms. The molecule has 1 aromatic heterocycles. The Labute approximate surface area is 148 Å². The highest BCUT2D eigenvalue weighted by Crippen LogP contribution is 2.40. The SMILES string of the molecule is CCCCCn1c(O)c(N=NC(=O)C(C)(C)C)c2ccc(OC)cc21. The molecule has 0 aliphatic rings. The quantitative estimate of drug-likeness (QED) is 0.577. The molecule has 1 amide bonds. The average Bonchev–Trinajstić information content (AvgIpc) is 2.83. The third-order valence-corrected chi connectivity index (χ3v) is 4.09. The molecule has 0 unspecified atom stereocenters. The van der Waals surface area contributed by atoms with E-state index in [2.05, 4.69) is 17.2 Å². The van der Waals surface area contributed by atoms with Gasteiger partial charge >= 0.3 is 0 Å². The first kappa shape index (κ1) is 19.0. The summed E-state index contributed by atoms with van der Waals surface area (Å²) >= 11 is 0. The van der Waals surface area contributed by atoms with Crippen LogP contribution in [0.3, 0.4) is 0 Å². The summed E-state index contributed by atoms with van der Waals surface area (Å²) in [5.41, 5.74) is 0.541. The minimum Gasteiger partial charge on any atom is -0.497 e. The summed E-state index contributed by atoms with van der Waals surface area (Å²) in [5, 5.41) is 19.3. The zero-order chi connectivity index (χ0) is 18.6. The monoisotopic (exact) mass is 345 g/mol. The third kappa shape index (κ3) is 4.18. The lowest BCUT2D eigenvalue weighted by atomic mass is 9.96. The first-order chi connectivity index (χ1) is 11.8. The number of ether oxygens (including phenoxy) is 1.